The van der Waals surface area contributed by atoms with Gasteiger partial charge in [0.25, 0.3) is 0 Å². The second-order valence-corrected chi connectivity index (χ2v) is 6.95. The molecule has 2 aromatic carbocycles. The Balaban J connectivity index is 1.74. The Morgan fingerprint density at radius 2 is 1.81 bits per heavy atom. The number of rotatable bonds is 5. The number of nitrogens with one attached hydrogen (secondary N) is 1. The van der Waals surface area contributed by atoms with Crippen LogP contribution < -0.4 is 11.1 Å². The summed E-state index contributed by atoms with van der Waals surface area (Å²) in [4.78, 5) is 7.77. The number of hydrogen-bond donors (Lipinski definition) is 2. The predicted molar refractivity (Wildman–Crippen MR) is 113 cm³/mol. The SMILES string of the molecule is COC(CNc1cc(C(F)(F)F)ccc1F)c1ccc(C#Cc2cnc(N)nc2)c(C)c1. The molecule has 0 amide bonds. The van der Waals surface area contributed by atoms with E-state index in [-0.39, 0.29) is 18.2 Å². The van der Waals surface area contributed by atoms with Crippen molar-refractivity contribution >= 4 is 11.6 Å². The summed E-state index contributed by atoms with van der Waals surface area (Å²) < 4.78 is 58.1. The molecule has 166 valence electrons. The van der Waals surface area contributed by atoms with Crippen LogP contribution in [0.1, 0.15) is 33.9 Å². The van der Waals surface area contributed by atoms with Crippen molar-refractivity contribution in [1.82, 2.24) is 9.97 Å². The molecule has 32 heavy (non-hydrogen) atoms. The van der Waals surface area contributed by atoms with Crippen molar-refractivity contribution in [1.29, 1.82) is 0 Å². The van der Waals surface area contributed by atoms with Crippen molar-refractivity contribution in [2.45, 2.75) is 19.2 Å². The average Bonchev–Trinajstić information content (AvgIpc) is 2.75. The fourth-order valence-corrected chi connectivity index (χ4v) is 2.95. The Labute approximate surface area is 182 Å². The van der Waals surface area contributed by atoms with Gasteiger partial charge in [-0.15, -0.1) is 0 Å². The van der Waals surface area contributed by atoms with Crippen LogP contribution in [0.2, 0.25) is 0 Å². The Morgan fingerprint density at radius 1 is 1.09 bits per heavy atom. The summed E-state index contributed by atoms with van der Waals surface area (Å²) >= 11 is 0. The van der Waals surface area contributed by atoms with Crippen LogP contribution in [-0.2, 0) is 10.9 Å². The fourth-order valence-electron chi connectivity index (χ4n) is 2.95. The highest BCUT2D eigenvalue weighted by Crippen LogP contribution is 2.32. The first-order valence-corrected chi connectivity index (χ1v) is 9.51. The molecule has 0 saturated heterocycles. The fraction of sp³-hybridized carbons (Fsp3) is 0.217. The minimum absolute atomic E-state index is 0.0714. The number of methoxy groups -OCH3 is 1. The van der Waals surface area contributed by atoms with Gasteiger partial charge in [-0.25, -0.2) is 14.4 Å². The van der Waals surface area contributed by atoms with Gasteiger partial charge in [0.2, 0.25) is 5.95 Å². The molecule has 0 spiro atoms. The quantitative estimate of drug-likeness (QED) is 0.440. The van der Waals surface area contributed by atoms with Crippen LogP contribution in [0.4, 0.5) is 29.2 Å². The third-order valence-corrected chi connectivity index (χ3v) is 4.69. The molecule has 3 N–H and O–H groups in total. The van der Waals surface area contributed by atoms with Crippen LogP contribution in [0.3, 0.4) is 0 Å². The number of nitrogen functional groups attached to an aromatic ring is 1. The summed E-state index contributed by atoms with van der Waals surface area (Å²) in [5, 5.41) is 2.71. The second kappa shape index (κ2) is 9.66. The van der Waals surface area contributed by atoms with E-state index >= 15 is 0 Å². The number of nitrogens with two attached hydrogens (primary N) is 1. The largest absolute Gasteiger partial charge is 0.416 e. The number of alkyl halides is 3. The molecule has 1 heterocycles. The Hall–Kier alpha value is -3.64. The highest BCUT2D eigenvalue weighted by atomic mass is 19.4. The number of benzene rings is 2. The first kappa shape index (κ1) is 23.0. The molecule has 1 atom stereocenters. The van der Waals surface area contributed by atoms with Crippen molar-refractivity contribution in [3.63, 3.8) is 0 Å². The Bertz CT molecular complexity index is 1150. The molecule has 1 unspecified atom stereocenters. The molecule has 0 aliphatic rings. The zero-order valence-corrected chi connectivity index (χ0v) is 17.3. The van der Waals surface area contributed by atoms with Crippen molar-refractivity contribution in [2.75, 3.05) is 24.7 Å². The lowest BCUT2D eigenvalue weighted by Gasteiger charge is -2.19. The van der Waals surface area contributed by atoms with Crippen molar-refractivity contribution in [3.8, 4) is 11.8 Å². The van der Waals surface area contributed by atoms with Gasteiger partial charge < -0.3 is 15.8 Å². The molecular formula is C23H20F4N4O. The molecule has 0 saturated carbocycles. The predicted octanol–water partition coefficient (Wildman–Crippen LogP) is 4.72. The topological polar surface area (TPSA) is 73.1 Å². The third-order valence-electron chi connectivity index (χ3n) is 4.69. The van der Waals surface area contributed by atoms with Crippen molar-refractivity contribution in [2.24, 2.45) is 0 Å². The number of anilines is 2. The van der Waals surface area contributed by atoms with E-state index in [1.165, 1.54) is 19.5 Å². The van der Waals surface area contributed by atoms with Crippen LogP contribution in [-0.4, -0.2) is 23.6 Å². The summed E-state index contributed by atoms with van der Waals surface area (Å²) in [5.74, 6) is 5.38. The molecule has 0 fully saturated rings. The van der Waals surface area contributed by atoms with Gasteiger partial charge in [0.15, 0.2) is 0 Å². The normalized spacial score (nSPS) is 12.1. The van der Waals surface area contributed by atoms with Crippen molar-refractivity contribution in [3.05, 3.63) is 82.4 Å². The molecule has 0 bridgehead atoms. The highest BCUT2D eigenvalue weighted by molar-refractivity contribution is 5.49. The average molecular weight is 444 g/mol. The summed E-state index contributed by atoms with van der Waals surface area (Å²) in [5.41, 5.74) is 7.31. The summed E-state index contributed by atoms with van der Waals surface area (Å²) in [6.45, 7) is 1.95. The Morgan fingerprint density at radius 3 is 2.44 bits per heavy atom. The monoisotopic (exact) mass is 444 g/mol. The van der Waals surface area contributed by atoms with E-state index in [1.54, 1.807) is 6.07 Å². The molecule has 0 aliphatic carbocycles. The number of aromatic nitrogens is 2. The Kier molecular flexibility index (Phi) is 6.95. The lowest BCUT2D eigenvalue weighted by Crippen LogP contribution is -2.16. The number of halogens is 4. The van der Waals surface area contributed by atoms with E-state index in [1.807, 2.05) is 19.1 Å². The van der Waals surface area contributed by atoms with E-state index in [2.05, 4.69) is 27.1 Å². The van der Waals surface area contributed by atoms with Gasteiger partial charge in [-0.2, -0.15) is 13.2 Å². The van der Waals surface area contributed by atoms with Gasteiger partial charge in [-0.1, -0.05) is 24.0 Å². The third kappa shape index (κ3) is 5.74. The number of aryl methyl sites for hydroxylation is 1. The minimum Gasteiger partial charge on any atom is -0.380 e. The van der Waals surface area contributed by atoms with E-state index < -0.39 is 23.7 Å². The van der Waals surface area contributed by atoms with Gasteiger partial charge >= 0.3 is 6.18 Å². The standard InChI is InChI=1S/C23H20F4N4O/c1-14-9-17(6-5-16(14)4-3-15-11-30-22(28)31-12-15)21(32-2)13-29-20-10-18(23(25,26)27)7-8-19(20)24/h5-12,21,29H,13H2,1-2H3,(H2,28,30,31). The number of ether oxygens (including phenoxy) is 1. The first-order chi connectivity index (χ1) is 15.2. The van der Waals surface area contributed by atoms with Crippen LogP contribution >= 0.6 is 0 Å². The van der Waals surface area contributed by atoms with Crippen LogP contribution in [0.25, 0.3) is 0 Å². The lowest BCUT2D eigenvalue weighted by molar-refractivity contribution is -0.137. The number of hydrogen-bond acceptors (Lipinski definition) is 5. The van der Waals surface area contributed by atoms with Crippen LogP contribution in [0.15, 0.2) is 48.8 Å². The maximum absolute atomic E-state index is 14.0. The van der Waals surface area contributed by atoms with Gasteiger partial charge in [0.1, 0.15) is 5.82 Å². The van der Waals surface area contributed by atoms with Gasteiger partial charge in [-0.3, -0.25) is 0 Å². The van der Waals surface area contributed by atoms with E-state index in [0.29, 0.717) is 11.6 Å². The molecular weight excluding hydrogens is 424 g/mol. The van der Waals surface area contributed by atoms with Gasteiger partial charge in [0.05, 0.1) is 22.9 Å². The lowest BCUT2D eigenvalue weighted by atomic mass is 10.0. The summed E-state index contributed by atoms with van der Waals surface area (Å²) in [6.07, 6.45) is -2.02. The van der Waals surface area contributed by atoms with Gasteiger partial charge in [0, 0.05) is 31.6 Å². The molecule has 5 nitrogen and oxygen atoms in total. The van der Waals surface area contributed by atoms with E-state index in [0.717, 1.165) is 28.8 Å². The maximum atomic E-state index is 14.0. The molecule has 0 radical (unpaired) electrons. The van der Waals surface area contributed by atoms with Crippen LogP contribution in [0, 0.1) is 24.6 Å². The van der Waals surface area contributed by atoms with E-state index in [4.69, 9.17) is 10.5 Å². The van der Waals surface area contributed by atoms with Crippen LogP contribution in [0.5, 0.6) is 0 Å². The second-order valence-electron chi connectivity index (χ2n) is 6.95. The van der Waals surface area contributed by atoms with Crippen molar-refractivity contribution < 1.29 is 22.3 Å². The summed E-state index contributed by atoms with van der Waals surface area (Å²) in [7, 11) is 1.47. The smallest absolute Gasteiger partial charge is 0.380 e. The molecule has 3 rings (SSSR count). The number of nitrogens with zero attached hydrogens (tertiary/aromatic N) is 2. The van der Waals surface area contributed by atoms with E-state index in [9.17, 15) is 17.6 Å². The van der Waals surface area contributed by atoms with Gasteiger partial charge in [-0.05, 0) is 42.3 Å². The zero-order valence-electron chi connectivity index (χ0n) is 17.3. The minimum atomic E-state index is -4.56. The maximum Gasteiger partial charge on any atom is 0.416 e. The molecule has 0 aliphatic heterocycles. The molecule has 3 aromatic rings. The molecule has 1 aromatic heterocycles. The zero-order chi connectivity index (χ0) is 23.3. The summed E-state index contributed by atoms with van der Waals surface area (Å²) in [6, 6.07) is 7.71. The first-order valence-electron chi connectivity index (χ1n) is 9.51. The molecule has 9 heteroatoms. The highest BCUT2D eigenvalue weighted by Gasteiger charge is 2.31.